The molecule has 1 aromatic carbocycles. The van der Waals surface area contributed by atoms with Crippen LogP contribution in [-0.2, 0) is 12.8 Å². The average molecular weight is 267 g/mol. The Morgan fingerprint density at radius 1 is 1.20 bits per heavy atom. The lowest BCUT2D eigenvalue weighted by atomic mass is 10.1. The summed E-state index contributed by atoms with van der Waals surface area (Å²) in [6.07, 6.45) is 3.54. The monoisotopic (exact) mass is 266 g/mol. The summed E-state index contributed by atoms with van der Waals surface area (Å²) in [5, 5.41) is 9.12. The van der Waals surface area contributed by atoms with Crippen LogP contribution < -0.4 is 0 Å². The van der Waals surface area contributed by atoms with Crippen molar-refractivity contribution in [3.8, 4) is 5.75 Å². The van der Waals surface area contributed by atoms with Crippen molar-refractivity contribution in [3.05, 3.63) is 46.5 Å². The molecule has 3 nitrogen and oxygen atoms in total. The molecule has 1 heterocycles. The fourth-order valence-electron chi connectivity index (χ4n) is 1.39. The molecule has 0 bridgehead atoms. The number of aryl methyl sites for hydroxylation is 2. The molecular weight excluding hydrogens is 256 g/mol. The first-order valence-corrected chi connectivity index (χ1v) is 5.50. The van der Waals surface area contributed by atoms with Gasteiger partial charge < -0.3 is 10.1 Å². The molecule has 0 aliphatic rings. The van der Waals surface area contributed by atoms with Gasteiger partial charge in [-0.2, -0.15) is 0 Å². The van der Waals surface area contributed by atoms with Gasteiger partial charge in [0.1, 0.15) is 16.2 Å². The molecule has 0 spiro atoms. The van der Waals surface area contributed by atoms with E-state index in [0.29, 0.717) is 5.75 Å². The predicted octanol–water partition coefficient (Wildman–Crippen LogP) is 2.66. The van der Waals surface area contributed by atoms with Crippen molar-refractivity contribution in [2.75, 3.05) is 0 Å². The van der Waals surface area contributed by atoms with Crippen molar-refractivity contribution >= 4 is 15.9 Å². The third-order valence-corrected chi connectivity index (χ3v) is 2.59. The number of nitrogens with zero attached hydrogens (tertiary/aromatic N) is 1. The minimum Gasteiger partial charge on any atom is -0.508 e. The van der Waals surface area contributed by atoms with Crippen LogP contribution in [0.25, 0.3) is 0 Å². The second kappa shape index (κ2) is 4.49. The lowest BCUT2D eigenvalue weighted by Crippen LogP contribution is -1.92. The highest BCUT2D eigenvalue weighted by Gasteiger charge is 1.99. The number of benzene rings is 1. The van der Waals surface area contributed by atoms with Gasteiger partial charge in [0.25, 0.3) is 0 Å². The molecule has 2 rings (SSSR count). The van der Waals surface area contributed by atoms with Crippen LogP contribution in [0, 0.1) is 0 Å². The van der Waals surface area contributed by atoms with E-state index in [1.54, 1.807) is 18.3 Å². The topological polar surface area (TPSA) is 48.9 Å². The molecule has 0 saturated heterocycles. The van der Waals surface area contributed by atoms with Crippen LogP contribution in [0.2, 0.25) is 0 Å². The first-order chi connectivity index (χ1) is 7.24. The Morgan fingerprint density at radius 2 is 1.93 bits per heavy atom. The minimum atomic E-state index is 0.305. The van der Waals surface area contributed by atoms with Gasteiger partial charge in [-0.15, -0.1) is 0 Å². The number of hydrogen-bond acceptors (Lipinski definition) is 2. The Kier molecular flexibility index (Phi) is 3.06. The van der Waals surface area contributed by atoms with E-state index in [1.807, 2.05) is 12.1 Å². The summed E-state index contributed by atoms with van der Waals surface area (Å²) >= 11 is 3.32. The fraction of sp³-hybridized carbons (Fsp3) is 0.182. The SMILES string of the molecule is Oc1ccc(CCc2ncc(Br)[nH]2)cc1. The smallest absolute Gasteiger partial charge is 0.115 e. The summed E-state index contributed by atoms with van der Waals surface area (Å²) in [4.78, 5) is 7.31. The molecule has 15 heavy (non-hydrogen) atoms. The van der Waals surface area contributed by atoms with Crippen LogP contribution in [0.4, 0.5) is 0 Å². The number of phenolic OH excluding ortho intramolecular Hbond substituents is 1. The van der Waals surface area contributed by atoms with Gasteiger partial charge >= 0.3 is 0 Å². The number of aromatic amines is 1. The Morgan fingerprint density at radius 3 is 2.53 bits per heavy atom. The normalized spacial score (nSPS) is 10.5. The second-order valence-corrected chi connectivity index (χ2v) is 4.20. The Balaban J connectivity index is 1.96. The summed E-state index contributed by atoms with van der Waals surface area (Å²) < 4.78 is 0.906. The van der Waals surface area contributed by atoms with Crippen LogP contribution >= 0.6 is 15.9 Å². The zero-order valence-electron chi connectivity index (χ0n) is 8.07. The Labute approximate surface area is 96.3 Å². The van der Waals surface area contributed by atoms with E-state index >= 15 is 0 Å². The van der Waals surface area contributed by atoms with E-state index in [-0.39, 0.29) is 0 Å². The van der Waals surface area contributed by atoms with Crippen LogP contribution in [0.5, 0.6) is 5.75 Å². The van der Waals surface area contributed by atoms with Crippen LogP contribution in [0.1, 0.15) is 11.4 Å². The van der Waals surface area contributed by atoms with Gasteiger partial charge in [-0.1, -0.05) is 12.1 Å². The van der Waals surface area contributed by atoms with Gasteiger partial charge in [0.15, 0.2) is 0 Å². The number of hydrogen-bond donors (Lipinski definition) is 2. The first-order valence-electron chi connectivity index (χ1n) is 4.71. The number of rotatable bonds is 3. The highest BCUT2D eigenvalue weighted by molar-refractivity contribution is 9.10. The molecule has 0 radical (unpaired) electrons. The maximum atomic E-state index is 9.12. The maximum Gasteiger partial charge on any atom is 0.115 e. The van der Waals surface area contributed by atoms with Crippen molar-refractivity contribution in [1.29, 1.82) is 0 Å². The van der Waals surface area contributed by atoms with E-state index in [0.717, 1.165) is 23.3 Å². The molecule has 0 amide bonds. The highest BCUT2D eigenvalue weighted by Crippen LogP contribution is 2.12. The molecule has 2 aromatic rings. The summed E-state index contributed by atoms with van der Waals surface area (Å²) in [6.45, 7) is 0. The highest BCUT2D eigenvalue weighted by atomic mass is 79.9. The van der Waals surface area contributed by atoms with Crippen molar-refractivity contribution in [3.63, 3.8) is 0 Å². The van der Waals surface area contributed by atoms with Crippen LogP contribution in [-0.4, -0.2) is 15.1 Å². The number of aromatic hydroxyl groups is 1. The van der Waals surface area contributed by atoms with Crippen molar-refractivity contribution in [2.24, 2.45) is 0 Å². The van der Waals surface area contributed by atoms with Crippen LogP contribution in [0.15, 0.2) is 35.1 Å². The lowest BCUT2D eigenvalue weighted by Gasteiger charge is -1.99. The number of imidazole rings is 1. The summed E-state index contributed by atoms with van der Waals surface area (Å²) in [5.74, 6) is 1.27. The van der Waals surface area contributed by atoms with E-state index in [2.05, 4.69) is 25.9 Å². The molecule has 0 aliphatic heterocycles. The summed E-state index contributed by atoms with van der Waals surface area (Å²) in [6, 6.07) is 7.25. The van der Waals surface area contributed by atoms with Crippen LogP contribution in [0.3, 0.4) is 0 Å². The molecule has 0 atom stereocenters. The van der Waals surface area contributed by atoms with Gasteiger partial charge in [-0.25, -0.2) is 4.98 Å². The zero-order chi connectivity index (χ0) is 10.7. The molecule has 0 saturated carbocycles. The van der Waals surface area contributed by atoms with Gasteiger partial charge in [-0.3, -0.25) is 0 Å². The largest absolute Gasteiger partial charge is 0.508 e. The fourth-order valence-corrected chi connectivity index (χ4v) is 1.72. The number of halogens is 1. The standard InChI is InChI=1S/C11H11BrN2O/c12-10-7-13-11(14-10)6-3-8-1-4-9(15)5-2-8/h1-2,4-5,7,15H,3,6H2,(H,13,14). The van der Waals surface area contributed by atoms with Gasteiger partial charge in [0.2, 0.25) is 0 Å². The summed E-state index contributed by atoms with van der Waals surface area (Å²) in [7, 11) is 0. The Hall–Kier alpha value is -1.29. The zero-order valence-corrected chi connectivity index (χ0v) is 9.66. The van der Waals surface area contributed by atoms with E-state index < -0.39 is 0 Å². The predicted molar refractivity (Wildman–Crippen MR) is 61.8 cm³/mol. The average Bonchev–Trinajstić information content (AvgIpc) is 2.64. The molecule has 78 valence electrons. The molecule has 0 aliphatic carbocycles. The lowest BCUT2D eigenvalue weighted by molar-refractivity contribution is 0.475. The van der Waals surface area contributed by atoms with Crippen molar-refractivity contribution in [1.82, 2.24) is 9.97 Å². The number of H-pyrrole nitrogens is 1. The number of aromatic nitrogens is 2. The quantitative estimate of drug-likeness (QED) is 0.898. The van der Waals surface area contributed by atoms with Gasteiger partial charge in [0.05, 0.1) is 6.20 Å². The third kappa shape index (κ3) is 2.83. The Bertz CT molecular complexity index is 436. The molecule has 0 unspecified atom stereocenters. The summed E-state index contributed by atoms with van der Waals surface area (Å²) in [5.41, 5.74) is 1.19. The molecule has 0 fully saturated rings. The molecule has 4 heteroatoms. The second-order valence-electron chi connectivity index (χ2n) is 3.34. The minimum absolute atomic E-state index is 0.305. The van der Waals surface area contributed by atoms with E-state index in [4.69, 9.17) is 5.11 Å². The molecular formula is C11H11BrN2O. The maximum absolute atomic E-state index is 9.12. The van der Waals surface area contributed by atoms with Crippen molar-refractivity contribution < 1.29 is 5.11 Å². The first kappa shape index (κ1) is 10.2. The van der Waals surface area contributed by atoms with E-state index in [1.165, 1.54) is 5.56 Å². The van der Waals surface area contributed by atoms with Gasteiger partial charge in [-0.05, 0) is 40.0 Å². The number of phenols is 1. The number of nitrogens with one attached hydrogen (secondary N) is 1. The molecule has 2 N–H and O–H groups in total. The van der Waals surface area contributed by atoms with E-state index in [9.17, 15) is 0 Å². The third-order valence-electron chi connectivity index (χ3n) is 2.18. The molecule has 1 aromatic heterocycles. The van der Waals surface area contributed by atoms with Crippen molar-refractivity contribution in [2.45, 2.75) is 12.8 Å². The van der Waals surface area contributed by atoms with Gasteiger partial charge in [0, 0.05) is 6.42 Å².